The summed E-state index contributed by atoms with van der Waals surface area (Å²) < 4.78 is 53.9. The van der Waals surface area contributed by atoms with Crippen LogP contribution in [0.15, 0.2) is 0 Å². The van der Waals surface area contributed by atoms with E-state index in [-0.39, 0.29) is 49.1 Å². The Morgan fingerprint density at radius 1 is 0.646 bits per heavy atom. The minimum atomic E-state index is -0.530. The number of aliphatic hydroxyl groups excluding tert-OH is 1. The molecule has 2 aliphatic carbocycles. The zero-order valence-electron chi connectivity index (χ0n) is 30.0. The van der Waals surface area contributed by atoms with E-state index in [9.17, 15) is 9.90 Å². The molecule has 0 aromatic carbocycles. The van der Waals surface area contributed by atoms with Crippen LogP contribution in [0, 0.1) is 5.92 Å². The molecule has 0 aromatic heterocycles. The summed E-state index contributed by atoms with van der Waals surface area (Å²) >= 11 is 0. The van der Waals surface area contributed by atoms with Crippen LogP contribution in [-0.2, 0) is 47.4 Å². The van der Waals surface area contributed by atoms with Crippen LogP contribution in [-0.4, -0.2) is 151 Å². The molecule has 12 heteroatoms. The third kappa shape index (κ3) is 14.4. The SMILES string of the molecule is CC(C)(C)OC(=O)C1C(C2CCC3OCCOCCOCCOC4CCCCC4OCCOCCOCCOC3C2)N1CCCCCO. The highest BCUT2D eigenvalue weighted by molar-refractivity contribution is 5.80. The van der Waals surface area contributed by atoms with Crippen LogP contribution < -0.4 is 0 Å². The summed E-state index contributed by atoms with van der Waals surface area (Å²) in [5.74, 6) is 0.159. The second-order valence-electron chi connectivity index (χ2n) is 14.4. The molecule has 2 aliphatic heterocycles. The first-order valence-corrected chi connectivity index (χ1v) is 18.7. The van der Waals surface area contributed by atoms with Gasteiger partial charge in [-0.2, -0.15) is 0 Å². The Labute approximate surface area is 288 Å². The first-order chi connectivity index (χ1) is 23.4. The zero-order valence-corrected chi connectivity index (χ0v) is 30.0. The standard InChI is InChI=1S/C36H65NO11/c1-36(2,3)48-35(39)34-33(37(34)13-7-4-8-14-38)28-11-12-31-32(27-28)47-26-22-43-18-17-41-20-24-45-30-10-6-5-9-29(30)44-23-19-40-15-16-42-21-25-46-31/h28-34,38H,4-27H2,1-3H3. The number of aliphatic hydroxyl groups is 1. The Kier molecular flexibility index (Phi) is 18.3. The van der Waals surface area contributed by atoms with Crippen molar-refractivity contribution in [1.29, 1.82) is 0 Å². The number of fused-ring (bicyclic) bond motifs is 2. The van der Waals surface area contributed by atoms with E-state index in [2.05, 4.69) is 4.90 Å². The molecule has 0 bridgehead atoms. The molecular formula is C36H65NO11. The number of nitrogens with zero attached hydrogens (tertiary/aromatic N) is 1. The largest absolute Gasteiger partial charge is 0.459 e. The van der Waals surface area contributed by atoms with Crippen molar-refractivity contribution < 1.29 is 52.5 Å². The van der Waals surface area contributed by atoms with E-state index in [4.69, 9.17) is 42.6 Å². The molecule has 2 saturated heterocycles. The molecule has 4 fully saturated rings. The summed E-state index contributed by atoms with van der Waals surface area (Å²) in [7, 11) is 0. The molecule has 2 heterocycles. The van der Waals surface area contributed by atoms with Crippen LogP contribution in [0.2, 0.25) is 0 Å². The van der Waals surface area contributed by atoms with E-state index < -0.39 is 5.60 Å². The molecule has 0 radical (unpaired) electrons. The van der Waals surface area contributed by atoms with Crippen molar-refractivity contribution in [2.45, 2.75) is 127 Å². The highest BCUT2D eigenvalue weighted by atomic mass is 16.6. The minimum absolute atomic E-state index is 0.0486. The van der Waals surface area contributed by atoms with E-state index in [1.54, 1.807) is 0 Å². The van der Waals surface area contributed by atoms with Crippen LogP contribution >= 0.6 is 0 Å². The maximum atomic E-state index is 13.2. The van der Waals surface area contributed by atoms with Gasteiger partial charge in [0, 0.05) is 12.6 Å². The number of hydrogen-bond acceptors (Lipinski definition) is 12. The maximum Gasteiger partial charge on any atom is 0.325 e. The molecule has 0 aromatic rings. The number of ether oxygens (including phenoxy) is 9. The fourth-order valence-corrected chi connectivity index (χ4v) is 7.26. The van der Waals surface area contributed by atoms with Crippen molar-refractivity contribution in [3.05, 3.63) is 0 Å². The fraction of sp³-hybridized carbons (Fsp3) is 0.972. The second-order valence-corrected chi connectivity index (χ2v) is 14.4. The lowest BCUT2D eigenvalue weighted by molar-refractivity contribution is -0.155. The van der Waals surface area contributed by atoms with Crippen LogP contribution in [0.5, 0.6) is 0 Å². The highest BCUT2D eigenvalue weighted by Crippen LogP contribution is 2.44. The zero-order chi connectivity index (χ0) is 34.0. The van der Waals surface area contributed by atoms with Crippen molar-refractivity contribution in [2.75, 3.05) is 92.4 Å². The molecule has 0 amide bonds. The van der Waals surface area contributed by atoms with E-state index in [0.717, 1.165) is 57.9 Å². The molecule has 1 N–H and O–H groups in total. The van der Waals surface area contributed by atoms with Gasteiger partial charge in [0.15, 0.2) is 0 Å². The van der Waals surface area contributed by atoms with E-state index in [1.807, 2.05) is 20.8 Å². The molecule has 8 unspecified atom stereocenters. The van der Waals surface area contributed by atoms with Crippen molar-refractivity contribution in [3.8, 4) is 0 Å². The fourth-order valence-electron chi connectivity index (χ4n) is 7.26. The van der Waals surface area contributed by atoms with Gasteiger partial charge in [0.1, 0.15) is 11.6 Å². The maximum absolute atomic E-state index is 13.2. The summed E-state index contributed by atoms with van der Waals surface area (Å²) in [6.07, 6.45) is 9.72. The van der Waals surface area contributed by atoms with Crippen molar-refractivity contribution in [1.82, 2.24) is 4.90 Å². The van der Waals surface area contributed by atoms with Crippen LogP contribution in [0.3, 0.4) is 0 Å². The summed E-state index contributed by atoms with van der Waals surface area (Å²) in [6, 6.07) is -0.0908. The van der Waals surface area contributed by atoms with Gasteiger partial charge in [-0.3, -0.25) is 9.69 Å². The molecule has 4 aliphatic rings. The number of hydrogen-bond donors (Lipinski definition) is 1. The third-order valence-electron chi connectivity index (χ3n) is 9.58. The van der Waals surface area contributed by atoms with Crippen LogP contribution in [0.1, 0.15) is 85.0 Å². The number of esters is 1. The number of unbranched alkanes of at least 4 members (excludes halogenated alkanes) is 2. The summed E-state index contributed by atoms with van der Waals surface area (Å²) in [5, 5.41) is 9.21. The van der Waals surface area contributed by atoms with Crippen molar-refractivity contribution >= 4 is 5.97 Å². The Morgan fingerprint density at radius 2 is 1.12 bits per heavy atom. The molecule has 4 rings (SSSR count). The lowest BCUT2D eigenvalue weighted by atomic mass is 9.82. The molecule has 8 atom stereocenters. The summed E-state index contributed by atoms with van der Waals surface area (Å²) in [5.41, 5.74) is -0.530. The number of rotatable bonds is 7. The average molecular weight is 688 g/mol. The summed E-state index contributed by atoms with van der Waals surface area (Å²) in [4.78, 5) is 15.5. The number of carbonyl (C=O) groups is 1. The lowest BCUT2D eigenvalue weighted by Gasteiger charge is -2.36. The Balaban J connectivity index is 1.27. The first-order valence-electron chi connectivity index (χ1n) is 18.7. The molecule has 12 nitrogen and oxygen atoms in total. The number of carbonyl (C=O) groups excluding carboxylic acids is 1. The summed E-state index contributed by atoms with van der Waals surface area (Å²) in [6.45, 7) is 12.8. The quantitative estimate of drug-likeness (QED) is 0.239. The van der Waals surface area contributed by atoms with Gasteiger partial charge in [-0.25, -0.2) is 0 Å². The van der Waals surface area contributed by atoms with Crippen LogP contribution in [0.25, 0.3) is 0 Å². The van der Waals surface area contributed by atoms with Crippen molar-refractivity contribution in [3.63, 3.8) is 0 Å². The molecule has 2 saturated carbocycles. The normalized spacial score (nSPS) is 34.6. The predicted molar refractivity (Wildman–Crippen MR) is 179 cm³/mol. The highest BCUT2D eigenvalue weighted by Gasteiger charge is 2.58. The molecule has 280 valence electrons. The Morgan fingerprint density at radius 3 is 1.62 bits per heavy atom. The van der Waals surface area contributed by atoms with Gasteiger partial charge in [-0.05, 0) is 84.6 Å². The van der Waals surface area contributed by atoms with E-state index >= 15 is 0 Å². The van der Waals surface area contributed by atoms with Gasteiger partial charge in [0.2, 0.25) is 0 Å². The molecule has 0 spiro atoms. The molecule has 48 heavy (non-hydrogen) atoms. The smallest absolute Gasteiger partial charge is 0.325 e. The minimum Gasteiger partial charge on any atom is -0.459 e. The molecular weight excluding hydrogens is 622 g/mol. The van der Waals surface area contributed by atoms with Gasteiger partial charge < -0.3 is 47.7 Å². The Bertz CT molecular complexity index is 873. The Hall–Kier alpha value is -0.930. The van der Waals surface area contributed by atoms with Gasteiger partial charge in [-0.1, -0.05) is 12.8 Å². The van der Waals surface area contributed by atoms with E-state index in [1.165, 1.54) is 12.8 Å². The van der Waals surface area contributed by atoms with Crippen molar-refractivity contribution in [2.24, 2.45) is 5.92 Å². The van der Waals surface area contributed by atoms with Gasteiger partial charge in [-0.15, -0.1) is 0 Å². The predicted octanol–water partition coefficient (Wildman–Crippen LogP) is 3.54. The monoisotopic (exact) mass is 687 g/mol. The van der Waals surface area contributed by atoms with Gasteiger partial charge in [0.05, 0.1) is 104 Å². The van der Waals surface area contributed by atoms with E-state index in [0.29, 0.717) is 85.2 Å². The topological polar surface area (TPSA) is 123 Å². The first kappa shape index (κ1) is 39.8. The van der Waals surface area contributed by atoms with Gasteiger partial charge >= 0.3 is 5.97 Å². The second kappa shape index (κ2) is 22.1. The third-order valence-corrected chi connectivity index (χ3v) is 9.58. The van der Waals surface area contributed by atoms with Crippen LogP contribution in [0.4, 0.5) is 0 Å². The van der Waals surface area contributed by atoms with Gasteiger partial charge in [0.25, 0.3) is 0 Å². The average Bonchev–Trinajstić information content (AvgIpc) is 3.79. The lowest BCUT2D eigenvalue weighted by Crippen LogP contribution is -2.41.